The number of hydrogen-bond acceptors (Lipinski definition) is 1. The third-order valence-electron chi connectivity index (χ3n) is 14.1. The van der Waals surface area contributed by atoms with E-state index in [0.717, 1.165) is 42.1 Å². The van der Waals surface area contributed by atoms with Crippen molar-refractivity contribution in [1.82, 2.24) is 0 Å². The van der Waals surface area contributed by atoms with Gasteiger partial charge in [-0.2, -0.15) is 0 Å². The van der Waals surface area contributed by atoms with Gasteiger partial charge in [-0.15, -0.1) is 0 Å². The highest BCUT2D eigenvalue weighted by Crippen LogP contribution is 2.67. The van der Waals surface area contributed by atoms with Crippen LogP contribution in [0.3, 0.4) is 0 Å². The molecule has 0 spiro atoms. The fourth-order valence-corrected chi connectivity index (χ4v) is 11.3. The highest BCUT2D eigenvalue weighted by molar-refractivity contribution is 5.25. The van der Waals surface area contributed by atoms with E-state index in [-0.39, 0.29) is 0 Å². The summed E-state index contributed by atoms with van der Waals surface area (Å²) in [6.07, 6.45) is 38.8. The van der Waals surface area contributed by atoms with Crippen LogP contribution < -0.4 is 0 Å². The molecule has 0 aromatic heterocycles. The van der Waals surface area contributed by atoms with Crippen molar-refractivity contribution in [3.05, 3.63) is 11.6 Å². The third-order valence-corrected chi connectivity index (χ3v) is 14.1. The molecule has 1 nitrogen and oxygen atoms in total. The van der Waals surface area contributed by atoms with Gasteiger partial charge >= 0.3 is 0 Å². The van der Waals surface area contributed by atoms with E-state index in [1.807, 2.05) is 0 Å². The van der Waals surface area contributed by atoms with Crippen LogP contribution in [0.1, 0.15) is 202 Å². The molecule has 0 unspecified atom stereocenters. The number of unbranched alkanes of at least 4 members (excludes halogenated alkanes) is 13. The maximum Gasteiger partial charge on any atom is 0.0612 e. The SMILES string of the molecule is CCCCCCCCCCCCCCCCO[C@H]1CC[C@@]2(C)C(=CC[C@H]3[C@@H]4CC[C@H]([C@H](C)CCCC(C)C)[C@@]4(C)CC[C@@H]32)C1. The van der Waals surface area contributed by atoms with E-state index in [1.54, 1.807) is 5.57 Å². The average Bonchev–Trinajstić information content (AvgIpc) is 3.36. The van der Waals surface area contributed by atoms with Gasteiger partial charge in [0.2, 0.25) is 0 Å². The maximum atomic E-state index is 6.55. The van der Waals surface area contributed by atoms with Crippen molar-refractivity contribution in [2.45, 2.75) is 208 Å². The molecule has 4 aliphatic carbocycles. The van der Waals surface area contributed by atoms with Gasteiger partial charge in [-0.05, 0) is 104 Å². The van der Waals surface area contributed by atoms with Crippen molar-refractivity contribution in [2.24, 2.45) is 46.3 Å². The minimum absolute atomic E-state index is 0.458. The smallest absolute Gasteiger partial charge is 0.0612 e. The molecule has 0 aliphatic heterocycles. The molecule has 0 saturated heterocycles. The molecule has 0 aromatic rings. The van der Waals surface area contributed by atoms with Crippen molar-refractivity contribution < 1.29 is 4.74 Å². The van der Waals surface area contributed by atoms with Crippen molar-refractivity contribution in [1.29, 1.82) is 0 Å². The van der Waals surface area contributed by atoms with Crippen LogP contribution in [0, 0.1) is 46.3 Å². The highest BCUT2D eigenvalue weighted by Gasteiger charge is 2.59. The van der Waals surface area contributed by atoms with E-state index in [2.05, 4.69) is 47.6 Å². The summed E-state index contributed by atoms with van der Waals surface area (Å²) >= 11 is 0. The van der Waals surface area contributed by atoms with Crippen molar-refractivity contribution in [3.63, 3.8) is 0 Å². The van der Waals surface area contributed by atoms with E-state index in [1.165, 1.54) is 161 Å². The van der Waals surface area contributed by atoms with Gasteiger partial charge in [-0.25, -0.2) is 0 Å². The lowest BCUT2D eigenvalue weighted by molar-refractivity contribution is -0.0641. The van der Waals surface area contributed by atoms with Crippen molar-refractivity contribution in [3.8, 4) is 0 Å². The summed E-state index contributed by atoms with van der Waals surface area (Å²) in [4.78, 5) is 0. The fourth-order valence-electron chi connectivity index (χ4n) is 11.3. The Morgan fingerprint density at radius 2 is 1.34 bits per heavy atom. The molecule has 4 rings (SSSR count). The van der Waals surface area contributed by atoms with E-state index in [4.69, 9.17) is 4.74 Å². The van der Waals surface area contributed by atoms with Gasteiger partial charge in [0.05, 0.1) is 6.10 Å². The summed E-state index contributed by atoms with van der Waals surface area (Å²) in [5.41, 5.74) is 2.87. The Balaban J connectivity index is 1.11. The Bertz CT molecular complexity index is 827. The van der Waals surface area contributed by atoms with E-state index in [9.17, 15) is 0 Å². The molecule has 0 N–H and O–H groups in total. The molecule has 0 bridgehead atoms. The van der Waals surface area contributed by atoms with Crippen LogP contribution in [0.25, 0.3) is 0 Å². The van der Waals surface area contributed by atoms with Gasteiger partial charge in [0, 0.05) is 6.61 Å². The van der Waals surface area contributed by atoms with Gasteiger partial charge < -0.3 is 4.74 Å². The van der Waals surface area contributed by atoms with Crippen molar-refractivity contribution >= 4 is 0 Å². The van der Waals surface area contributed by atoms with Gasteiger partial charge in [0.1, 0.15) is 0 Å². The van der Waals surface area contributed by atoms with Crippen LogP contribution in [0.2, 0.25) is 0 Å². The second-order valence-electron chi connectivity index (χ2n) is 17.6. The summed E-state index contributed by atoms with van der Waals surface area (Å²) < 4.78 is 6.55. The topological polar surface area (TPSA) is 9.23 Å². The first kappa shape index (κ1) is 36.5. The van der Waals surface area contributed by atoms with Crippen LogP contribution in [-0.4, -0.2) is 12.7 Å². The molecule has 0 amide bonds. The number of fused-ring (bicyclic) bond motifs is 5. The molecular formula is C43H78O. The summed E-state index contributed by atoms with van der Waals surface area (Å²) in [7, 11) is 0. The van der Waals surface area contributed by atoms with Crippen LogP contribution in [0.15, 0.2) is 11.6 Å². The van der Waals surface area contributed by atoms with Gasteiger partial charge in [0.25, 0.3) is 0 Å². The molecule has 0 radical (unpaired) electrons. The standard InChI is InChI=1S/C43H78O/c1-7-8-9-10-11-12-13-14-15-16-17-18-19-20-32-44-37-28-30-42(5)36(33-37)24-25-38-40-27-26-39(35(4)23-21-22-34(2)3)43(40,6)31-29-41(38)42/h24,34-35,37-41H,7-23,25-33H2,1-6H3/t35-,37+,38+,39-,40+,41+,42+,43-/m1/s1. The molecule has 0 aromatic carbocycles. The molecule has 44 heavy (non-hydrogen) atoms. The predicted molar refractivity (Wildman–Crippen MR) is 193 cm³/mol. The van der Waals surface area contributed by atoms with E-state index < -0.39 is 0 Å². The third kappa shape index (κ3) is 9.63. The Kier molecular flexibility index (Phi) is 15.2. The lowest BCUT2D eigenvalue weighted by Crippen LogP contribution is -2.51. The second kappa shape index (κ2) is 18.3. The number of allylic oxidation sites excluding steroid dienone is 1. The molecule has 1 heteroatoms. The zero-order chi connectivity index (χ0) is 31.4. The number of hydrogen-bond donors (Lipinski definition) is 0. The first-order valence-electron chi connectivity index (χ1n) is 20.6. The molecule has 3 fully saturated rings. The molecule has 0 heterocycles. The van der Waals surface area contributed by atoms with Gasteiger partial charge in [-0.3, -0.25) is 0 Å². The van der Waals surface area contributed by atoms with Crippen LogP contribution >= 0.6 is 0 Å². The second-order valence-corrected chi connectivity index (χ2v) is 17.6. The van der Waals surface area contributed by atoms with E-state index in [0.29, 0.717) is 16.9 Å². The zero-order valence-electron chi connectivity index (χ0n) is 30.9. The number of ether oxygens (including phenoxy) is 1. The minimum atomic E-state index is 0.458. The van der Waals surface area contributed by atoms with E-state index >= 15 is 0 Å². The quantitative estimate of drug-likeness (QED) is 0.0928. The first-order valence-corrected chi connectivity index (χ1v) is 20.6. The average molecular weight is 611 g/mol. The Labute approximate surface area is 276 Å². The largest absolute Gasteiger partial charge is 0.378 e. The lowest BCUT2D eigenvalue weighted by atomic mass is 9.47. The molecule has 3 saturated carbocycles. The van der Waals surface area contributed by atoms with Crippen LogP contribution in [-0.2, 0) is 4.74 Å². The highest BCUT2D eigenvalue weighted by atomic mass is 16.5. The monoisotopic (exact) mass is 611 g/mol. The van der Waals surface area contributed by atoms with Gasteiger partial charge in [-0.1, -0.05) is 156 Å². The first-order chi connectivity index (χ1) is 21.3. The summed E-state index contributed by atoms with van der Waals surface area (Å²) in [5, 5.41) is 0. The molecule has 4 aliphatic rings. The summed E-state index contributed by atoms with van der Waals surface area (Å²) in [5.74, 6) is 5.60. The predicted octanol–water partition coefficient (Wildman–Crippen LogP) is 13.9. The molecular weight excluding hydrogens is 532 g/mol. The molecule has 256 valence electrons. The lowest BCUT2D eigenvalue weighted by Gasteiger charge is -2.58. The minimum Gasteiger partial charge on any atom is -0.378 e. The normalized spacial score (nSPS) is 34.0. The van der Waals surface area contributed by atoms with Crippen molar-refractivity contribution in [2.75, 3.05) is 6.61 Å². The fraction of sp³-hybridized carbons (Fsp3) is 0.953. The maximum absolute atomic E-state index is 6.55. The Hall–Kier alpha value is -0.300. The Morgan fingerprint density at radius 3 is 1.98 bits per heavy atom. The summed E-state index contributed by atoms with van der Waals surface area (Å²) in [6, 6.07) is 0. The van der Waals surface area contributed by atoms with Crippen LogP contribution in [0.4, 0.5) is 0 Å². The summed E-state index contributed by atoms with van der Waals surface area (Å²) in [6.45, 7) is 16.1. The number of rotatable bonds is 21. The van der Waals surface area contributed by atoms with Crippen LogP contribution in [0.5, 0.6) is 0 Å². The zero-order valence-corrected chi connectivity index (χ0v) is 30.9. The Morgan fingerprint density at radius 1 is 0.705 bits per heavy atom. The van der Waals surface area contributed by atoms with Gasteiger partial charge in [0.15, 0.2) is 0 Å². The molecule has 8 atom stereocenters.